The van der Waals surface area contributed by atoms with Gasteiger partial charge in [0.2, 0.25) is 10.0 Å². The average molecular weight is 783 g/mol. The van der Waals surface area contributed by atoms with Gasteiger partial charge in [-0.05, 0) is 65.9 Å². The number of hydrogen-bond donors (Lipinski definition) is 2. The van der Waals surface area contributed by atoms with E-state index in [0.717, 1.165) is 53.0 Å². The van der Waals surface area contributed by atoms with Gasteiger partial charge in [0.25, 0.3) is 0 Å². The largest absolute Gasteiger partial charge is 0.392 e. The van der Waals surface area contributed by atoms with E-state index in [4.69, 9.17) is 9.47 Å². The van der Waals surface area contributed by atoms with Gasteiger partial charge in [-0.2, -0.15) is 0 Å². The highest BCUT2D eigenvalue weighted by Crippen LogP contribution is 2.42. The molecule has 1 fully saturated rings. The molecule has 4 unspecified atom stereocenters. The van der Waals surface area contributed by atoms with Crippen LogP contribution in [-0.2, 0) is 32.6 Å². The van der Waals surface area contributed by atoms with Gasteiger partial charge in [0.1, 0.15) is 0 Å². The van der Waals surface area contributed by atoms with Crippen LogP contribution in [0.25, 0.3) is 11.1 Å². The number of aliphatic hydroxyl groups excluding tert-OH is 1. The van der Waals surface area contributed by atoms with Gasteiger partial charge in [0, 0.05) is 24.6 Å². The summed E-state index contributed by atoms with van der Waals surface area (Å²) in [4.78, 5) is 2.90. The molecular weight excluding hydrogens is 717 g/mol. The first-order valence-corrected chi connectivity index (χ1v) is 22.8. The van der Waals surface area contributed by atoms with Crippen LogP contribution in [0.3, 0.4) is 0 Å². The van der Waals surface area contributed by atoms with Crippen LogP contribution in [0.5, 0.6) is 0 Å². The standard InChI is InChI=1S/C48H66N2O5S/c1-4-6-8-10-12-19-33-50(34-20-13-11-9-7-5-2)36-46-38(3)47(41-27-25-39(37-51)26-28-41)55-48(54-46)42-31-29-40(30-32-42)45-24-18-17-21-43(45)35-49-56(52,53)44-22-15-14-16-23-44/h14-18,21-32,38,46-49,51H,4-13,19-20,33-37H2,1-3H3. The van der Waals surface area contributed by atoms with E-state index in [1.165, 1.54) is 77.0 Å². The second-order valence-corrected chi connectivity index (χ2v) is 17.3. The number of hydrogen-bond acceptors (Lipinski definition) is 6. The summed E-state index contributed by atoms with van der Waals surface area (Å²) in [6, 6.07) is 32.8. The Balaban J connectivity index is 1.33. The summed E-state index contributed by atoms with van der Waals surface area (Å²) in [6.07, 6.45) is 14.6. The fourth-order valence-corrected chi connectivity index (χ4v) is 8.77. The molecule has 4 aromatic rings. The van der Waals surface area contributed by atoms with E-state index in [-0.39, 0.29) is 36.2 Å². The first kappa shape index (κ1) is 43.7. The summed E-state index contributed by atoms with van der Waals surface area (Å²) in [7, 11) is -3.65. The highest BCUT2D eigenvalue weighted by molar-refractivity contribution is 7.89. The van der Waals surface area contributed by atoms with Crippen LogP contribution >= 0.6 is 0 Å². The molecule has 1 aliphatic heterocycles. The summed E-state index contributed by atoms with van der Waals surface area (Å²) < 4.78 is 42.5. The van der Waals surface area contributed by atoms with Gasteiger partial charge in [0.15, 0.2) is 6.29 Å². The van der Waals surface area contributed by atoms with Gasteiger partial charge < -0.3 is 19.5 Å². The van der Waals surface area contributed by atoms with Crippen LogP contribution < -0.4 is 4.72 Å². The Labute approximate surface area is 337 Å². The van der Waals surface area contributed by atoms with Crippen molar-refractivity contribution in [1.29, 1.82) is 0 Å². The number of unbranched alkanes of at least 4 members (excludes halogenated alkanes) is 10. The van der Waals surface area contributed by atoms with Gasteiger partial charge in [-0.3, -0.25) is 0 Å². The van der Waals surface area contributed by atoms with E-state index in [1.807, 2.05) is 36.4 Å². The van der Waals surface area contributed by atoms with Crippen molar-refractivity contribution in [3.63, 3.8) is 0 Å². The van der Waals surface area contributed by atoms with Crippen LogP contribution in [0.2, 0.25) is 0 Å². The number of nitrogens with zero attached hydrogens (tertiary/aromatic N) is 1. The predicted octanol–water partition coefficient (Wildman–Crippen LogP) is 11.1. The lowest BCUT2D eigenvalue weighted by Crippen LogP contribution is -2.45. The molecule has 304 valence electrons. The molecule has 1 saturated heterocycles. The molecule has 4 atom stereocenters. The van der Waals surface area contributed by atoms with Crippen molar-refractivity contribution in [3.8, 4) is 11.1 Å². The van der Waals surface area contributed by atoms with Crippen molar-refractivity contribution in [1.82, 2.24) is 9.62 Å². The molecule has 0 spiro atoms. The van der Waals surface area contributed by atoms with Crippen molar-refractivity contribution in [2.24, 2.45) is 5.92 Å². The maximum absolute atomic E-state index is 13.0. The number of ether oxygens (including phenoxy) is 2. The number of benzene rings is 4. The maximum atomic E-state index is 13.0. The topological polar surface area (TPSA) is 88.1 Å². The Morgan fingerprint density at radius 2 is 1.23 bits per heavy atom. The Kier molecular flexibility index (Phi) is 18.1. The minimum atomic E-state index is -3.65. The molecule has 5 rings (SSSR count). The summed E-state index contributed by atoms with van der Waals surface area (Å²) in [5.41, 5.74) is 5.77. The Morgan fingerprint density at radius 1 is 0.661 bits per heavy atom. The van der Waals surface area contributed by atoms with Crippen LogP contribution in [-0.4, -0.2) is 44.2 Å². The quantitative estimate of drug-likeness (QED) is 0.0688. The molecule has 0 bridgehead atoms. The smallest absolute Gasteiger partial charge is 0.240 e. The van der Waals surface area contributed by atoms with E-state index in [1.54, 1.807) is 30.3 Å². The summed E-state index contributed by atoms with van der Waals surface area (Å²) in [6.45, 7) is 10.0. The zero-order valence-electron chi connectivity index (χ0n) is 34.1. The lowest BCUT2D eigenvalue weighted by molar-refractivity contribution is -0.276. The summed E-state index contributed by atoms with van der Waals surface area (Å²) >= 11 is 0. The van der Waals surface area contributed by atoms with Crippen molar-refractivity contribution in [2.45, 2.75) is 134 Å². The van der Waals surface area contributed by atoms with Crippen LogP contribution in [0, 0.1) is 5.92 Å². The van der Waals surface area contributed by atoms with E-state index in [2.05, 4.69) is 66.8 Å². The molecule has 2 N–H and O–H groups in total. The van der Waals surface area contributed by atoms with Crippen molar-refractivity contribution < 1.29 is 23.0 Å². The first-order chi connectivity index (χ1) is 27.3. The summed E-state index contributed by atoms with van der Waals surface area (Å²) in [5, 5.41) is 9.73. The Morgan fingerprint density at radius 3 is 1.86 bits per heavy atom. The van der Waals surface area contributed by atoms with Crippen LogP contribution in [0.15, 0.2) is 108 Å². The third-order valence-electron chi connectivity index (χ3n) is 11.2. The molecule has 0 aliphatic carbocycles. The Bertz CT molecular complexity index is 1780. The number of sulfonamides is 1. The molecule has 0 saturated carbocycles. The van der Waals surface area contributed by atoms with Crippen molar-refractivity contribution in [3.05, 3.63) is 125 Å². The van der Waals surface area contributed by atoms with Crippen molar-refractivity contribution >= 4 is 10.0 Å². The zero-order valence-corrected chi connectivity index (χ0v) is 34.9. The predicted molar refractivity (Wildman–Crippen MR) is 229 cm³/mol. The Hall–Kier alpha value is -3.37. The lowest BCUT2D eigenvalue weighted by atomic mass is 9.89. The fourth-order valence-electron chi connectivity index (χ4n) is 7.74. The molecule has 1 heterocycles. The van der Waals surface area contributed by atoms with Gasteiger partial charge in [-0.15, -0.1) is 0 Å². The normalized spacial score (nSPS) is 18.7. The second kappa shape index (κ2) is 23.1. The van der Waals surface area contributed by atoms with Crippen LogP contribution in [0.1, 0.15) is 132 Å². The molecule has 0 radical (unpaired) electrons. The minimum Gasteiger partial charge on any atom is -0.392 e. The highest BCUT2D eigenvalue weighted by atomic mass is 32.2. The molecule has 0 aromatic heterocycles. The zero-order chi connectivity index (χ0) is 39.6. The number of nitrogens with one attached hydrogen (secondary N) is 1. The molecule has 8 heteroatoms. The number of aliphatic hydroxyl groups is 1. The lowest BCUT2D eigenvalue weighted by Gasteiger charge is -2.43. The third-order valence-corrected chi connectivity index (χ3v) is 12.7. The van der Waals surface area contributed by atoms with E-state index < -0.39 is 16.3 Å². The highest BCUT2D eigenvalue weighted by Gasteiger charge is 2.39. The third kappa shape index (κ3) is 13.1. The van der Waals surface area contributed by atoms with E-state index >= 15 is 0 Å². The summed E-state index contributed by atoms with van der Waals surface area (Å²) in [5.74, 6) is 0.119. The molecular formula is C48H66N2O5S. The average Bonchev–Trinajstić information content (AvgIpc) is 3.23. The van der Waals surface area contributed by atoms with Crippen molar-refractivity contribution in [2.75, 3.05) is 19.6 Å². The molecule has 0 amide bonds. The van der Waals surface area contributed by atoms with Gasteiger partial charge in [-0.1, -0.05) is 176 Å². The first-order valence-electron chi connectivity index (χ1n) is 21.3. The second-order valence-electron chi connectivity index (χ2n) is 15.6. The van der Waals surface area contributed by atoms with Gasteiger partial charge in [-0.25, -0.2) is 13.1 Å². The van der Waals surface area contributed by atoms with E-state index in [9.17, 15) is 13.5 Å². The van der Waals surface area contributed by atoms with Gasteiger partial charge in [0.05, 0.1) is 23.7 Å². The molecule has 7 nitrogen and oxygen atoms in total. The van der Waals surface area contributed by atoms with Crippen LogP contribution in [0.4, 0.5) is 0 Å². The maximum Gasteiger partial charge on any atom is 0.240 e. The van der Waals surface area contributed by atoms with E-state index in [0.29, 0.717) is 0 Å². The molecule has 56 heavy (non-hydrogen) atoms. The monoisotopic (exact) mass is 782 g/mol. The SMILES string of the molecule is CCCCCCCCN(CCCCCCCC)CC1OC(c2ccc(-c3ccccc3CNS(=O)(=O)c3ccccc3)cc2)OC(c2ccc(CO)cc2)C1C. The minimum absolute atomic E-state index is 0.00987. The molecule has 4 aromatic carbocycles. The van der Waals surface area contributed by atoms with Gasteiger partial charge >= 0.3 is 0 Å². The number of rotatable bonds is 24. The molecule has 1 aliphatic rings. The fraction of sp³-hybridized carbons (Fsp3) is 0.500.